The van der Waals surface area contributed by atoms with E-state index in [1.165, 1.54) is 0 Å². The molecule has 204 valence electrons. The molecular formula is C30H40N4O4. The molecule has 2 aromatic rings. The number of anilines is 2. The van der Waals surface area contributed by atoms with Gasteiger partial charge in [-0.15, -0.1) is 0 Å². The van der Waals surface area contributed by atoms with Gasteiger partial charge in [-0.05, 0) is 68.0 Å². The first-order valence-corrected chi connectivity index (χ1v) is 13.8. The molecule has 0 saturated carbocycles. The van der Waals surface area contributed by atoms with Gasteiger partial charge in [-0.2, -0.15) is 0 Å². The Morgan fingerprint density at radius 2 is 1.63 bits per heavy atom. The van der Waals surface area contributed by atoms with Gasteiger partial charge in [0.15, 0.2) is 0 Å². The third-order valence-corrected chi connectivity index (χ3v) is 7.23. The molecule has 1 N–H and O–H groups in total. The highest BCUT2D eigenvalue weighted by Crippen LogP contribution is 2.29. The Balaban J connectivity index is 1.58. The van der Waals surface area contributed by atoms with E-state index in [4.69, 9.17) is 4.74 Å². The van der Waals surface area contributed by atoms with E-state index in [-0.39, 0.29) is 17.7 Å². The Kier molecular flexibility index (Phi) is 9.26. The molecule has 0 aliphatic carbocycles. The fraction of sp³-hybridized carbons (Fsp3) is 0.500. The second-order valence-corrected chi connectivity index (χ2v) is 10.6. The highest BCUT2D eigenvalue weighted by atomic mass is 16.5. The van der Waals surface area contributed by atoms with Gasteiger partial charge in [0.25, 0.3) is 11.8 Å². The summed E-state index contributed by atoms with van der Waals surface area (Å²) in [4.78, 5) is 45.5. The van der Waals surface area contributed by atoms with E-state index in [1.54, 1.807) is 37.4 Å². The summed E-state index contributed by atoms with van der Waals surface area (Å²) < 4.78 is 5.25. The Hall–Kier alpha value is -3.55. The van der Waals surface area contributed by atoms with Gasteiger partial charge in [0, 0.05) is 62.6 Å². The van der Waals surface area contributed by atoms with Gasteiger partial charge in [0.1, 0.15) is 5.75 Å². The van der Waals surface area contributed by atoms with Crippen LogP contribution in [0.15, 0.2) is 42.5 Å². The van der Waals surface area contributed by atoms with Gasteiger partial charge in [0.05, 0.1) is 12.7 Å². The largest absolute Gasteiger partial charge is 0.497 e. The van der Waals surface area contributed by atoms with Gasteiger partial charge < -0.3 is 24.8 Å². The molecule has 0 bridgehead atoms. The highest BCUT2D eigenvalue weighted by Gasteiger charge is 2.26. The zero-order valence-corrected chi connectivity index (χ0v) is 22.9. The molecule has 38 heavy (non-hydrogen) atoms. The van der Waals surface area contributed by atoms with E-state index in [9.17, 15) is 14.4 Å². The summed E-state index contributed by atoms with van der Waals surface area (Å²) in [6.45, 7) is 8.42. The lowest BCUT2D eigenvalue weighted by Gasteiger charge is -2.30. The summed E-state index contributed by atoms with van der Waals surface area (Å²) in [6.07, 6.45) is 4.55. The van der Waals surface area contributed by atoms with E-state index in [0.29, 0.717) is 48.0 Å². The second kappa shape index (κ2) is 12.8. The minimum absolute atomic E-state index is 0.00540. The van der Waals surface area contributed by atoms with E-state index >= 15 is 0 Å². The molecule has 2 aliphatic heterocycles. The molecule has 4 rings (SSSR count). The van der Waals surface area contributed by atoms with Crippen molar-refractivity contribution in [3.05, 3.63) is 53.6 Å². The maximum Gasteiger partial charge on any atom is 0.256 e. The van der Waals surface area contributed by atoms with Crippen LogP contribution in [0.2, 0.25) is 0 Å². The number of hydrogen-bond donors (Lipinski definition) is 1. The quantitative estimate of drug-likeness (QED) is 0.574. The second-order valence-electron chi connectivity index (χ2n) is 10.6. The third-order valence-electron chi connectivity index (χ3n) is 7.23. The molecule has 0 spiro atoms. The molecule has 2 heterocycles. The number of ether oxygens (including phenoxy) is 1. The molecule has 8 heteroatoms. The molecule has 2 aromatic carbocycles. The Labute approximate surface area is 225 Å². The van der Waals surface area contributed by atoms with Crippen molar-refractivity contribution < 1.29 is 19.1 Å². The number of nitrogens with zero attached hydrogens (tertiary/aromatic N) is 3. The topological polar surface area (TPSA) is 82.2 Å². The fourth-order valence-corrected chi connectivity index (χ4v) is 5.18. The summed E-state index contributed by atoms with van der Waals surface area (Å²) in [5, 5.41) is 2.95. The Morgan fingerprint density at radius 1 is 0.868 bits per heavy atom. The number of nitrogens with one attached hydrogen (secondary N) is 1. The maximum absolute atomic E-state index is 13.7. The zero-order valence-electron chi connectivity index (χ0n) is 22.9. The predicted molar refractivity (Wildman–Crippen MR) is 150 cm³/mol. The first kappa shape index (κ1) is 27.5. The van der Waals surface area contributed by atoms with Gasteiger partial charge in [-0.25, -0.2) is 0 Å². The Morgan fingerprint density at radius 3 is 2.37 bits per heavy atom. The fourth-order valence-electron chi connectivity index (χ4n) is 5.18. The predicted octanol–water partition coefficient (Wildman–Crippen LogP) is 4.66. The molecule has 2 saturated heterocycles. The maximum atomic E-state index is 13.7. The van der Waals surface area contributed by atoms with Crippen LogP contribution in [0, 0.1) is 5.92 Å². The minimum Gasteiger partial charge on any atom is -0.497 e. The number of carbonyl (C=O) groups excluding carboxylic acids is 3. The molecule has 0 aromatic heterocycles. The van der Waals surface area contributed by atoms with E-state index in [0.717, 1.165) is 57.5 Å². The van der Waals surface area contributed by atoms with E-state index in [1.807, 2.05) is 21.9 Å². The van der Waals surface area contributed by atoms with Crippen molar-refractivity contribution in [2.45, 2.75) is 46.0 Å². The average molecular weight is 521 g/mol. The van der Waals surface area contributed by atoms with Crippen molar-refractivity contribution in [1.29, 1.82) is 0 Å². The summed E-state index contributed by atoms with van der Waals surface area (Å²) in [7, 11) is 1.57. The number of carbonyl (C=O) groups is 3. The first-order chi connectivity index (χ1) is 18.4. The van der Waals surface area contributed by atoms with Crippen LogP contribution in [0.5, 0.6) is 5.75 Å². The number of rotatable bonds is 7. The van der Waals surface area contributed by atoms with Crippen LogP contribution in [0.1, 0.15) is 66.7 Å². The van der Waals surface area contributed by atoms with Gasteiger partial charge >= 0.3 is 0 Å². The Bertz CT molecular complexity index is 1140. The van der Waals surface area contributed by atoms with Crippen molar-refractivity contribution in [3.63, 3.8) is 0 Å². The molecule has 3 amide bonds. The summed E-state index contributed by atoms with van der Waals surface area (Å²) in [5.41, 5.74) is 2.51. The molecule has 0 radical (unpaired) electrons. The number of piperidine rings is 1. The monoisotopic (exact) mass is 520 g/mol. The molecule has 2 aliphatic rings. The normalized spacial score (nSPS) is 16.3. The van der Waals surface area contributed by atoms with Crippen molar-refractivity contribution >= 4 is 29.1 Å². The van der Waals surface area contributed by atoms with Gasteiger partial charge in [-0.1, -0.05) is 19.9 Å². The van der Waals surface area contributed by atoms with Gasteiger partial charge in [0.2, 0.25) is 5.91 Å². The number of amides is 3. The van der Waals surface area contributed by atoms with Crippen molar-refractivity contribution in [3.8, 4) is 5.75 Å². The number of methoxy groups -OCH3 is 1. The van der Waals surface area contributed by atoms with Crippen molar-refractivity contribution in [2.75, 3.05) is 56.6 Å². The number of hydrogen-bond acceptors (Lipinski definition) is 5. The molecule has 8 nitrogen and oxygen atoms in total. The van der Waals surface area contributed by atoms with Crippen LogP contribution in [0.4, 0.5) is 11.4 Å². The van der Waals surface area contributed by atoms with Crippen LogP contribution in [0.25, 0.3) is 0 Å². The number of likely N-dealkylation sites (tertiary alicyclic amines) is 1. The molecule has 0 atom stereocenters. The van der Waals surface area contributed by atoms with Crippen LogP contribution in [-0.4, -0.2) is 73.9 Å². The van der Waals surface area contributed by atoms with E-state index < -0.39 is 0 Å². The summed E-state index contributed by atoms with van der Waals surface area (Å²) >= 11 is 0. The number of benzene rings is 2. The first-order valence-electron chi connectivity index (χ1n) is 13.8. The SMILES string of the molecule is COc1cccc(C(=O)Nc2ccc(N3CCCN(C(=O)CC(C)C)CC3)c(C(=O)N3CCCCC3)c2)c1. The lowest BCUT2D eigenvalue weighted by Crippen LogP contribution is -2.38. The van der Waals surface area contributed by atoms with Crippen LogP contribution >= 0.6 is 0 Å². The lowest BCUT2D eigenvalue weighted by atomic mass is 10.1. The lowest BCUT2D eigenvalue weighted by molar-refractivity contribution is -0.131. The standard InChI is InChI=1S/C30H40N4O4/c1-22(2)19-28(35)33-16-8-15-32(17-18-33)27-12-11-24(21-26(27)30(37)34-13-5-4-6-14-34)31-29(36)23-9-7-10-25(20-23)38-3/h7,9-12,20-22H,4-6,8,13-19H2,1-3H3,(H,31,36). The van der Waals surface area contributed by atoms with Crippen LogP contribution in [-0.2, 0) is 4.79 Å². The minimum atomic E-state index is -0.262. The summed E-state index contributed by atoms with van der Waals surface area (Å²) in [5.74, 6) is 0.865. The smallest absolute Gasteiger partial charge is 0.256 e. The average Bonchev–Trinajstić information content (AvgIpc) is 3.19. The van der Waals surface area contributed by atoms with E-state index in [2.05, 4.69) is 24.1 Å². The van der Waals surface area contributed by atoms with Gasteiger partial charge in [-0.3, -0.25) is 14.4 Å². The molecular weight excluding hydrogens is 480 g/mol. The summed E-state index contributed by atoms with van der Waals surface area (Å²) in [6, 6.07) is 12.6. The molecule has 2 fully saturated rings. The third kappa shape index (κ3) is 6.85. The van der Waals surface area contributed by atoms with Crippen LogP contribution < -0.4 is 15.0 Å². The highest BCUT2D eigenvalue weighted by molar-refractivity contribution is 6.06. The van der Waals surface area contributed by atoms with Crippen molar-refractivity contribution in [1.82, 2.24) is 9.80 Å². The molecule has 0 unspecified atom stereocenters. The zero-order chi connectivity index (χ0) is 27.1. The van der Waals surface area contributed by atoms with Crippen molar-refractivity contribution in [2.24, 2.45) is 5.92 Å². The van der Waals surface area contributed by atoms with Crippen LogP contribution in [0.3, 0.4) is 0 Å².